The Balaban J connectivity index is 2.24. The molecule has 66 valence electrons. The third-order valence-corrected chi connectivity index (χ3v) is 3.73. The number of aliphatic hydroxyl groups excluding tert-OH is 1. The number of thiophene rings is 1. The third kappa shape index (κ3) is 1.39. The lowest BCUT2D eigenvalue weighted by atomic mass is 9.99. The topological polar surface area (TPSA) is 20.2 Å². The number of rotatable bonds is 1. The maximum atomic E-state index is 9.63. The SMILES string of the molecule is O[C@@H]1CCC[C@H]1c1ccsc1Cl. The van der Waals surface area contributed by atoms with Crippen LogP contribution in [0.5, 0.6) is 0 Å². The molecule has 0 bridgehead atoms. The zero-order chi connectivity index (χ0) is 8.55. The average Bonchev–Trinajstić information content (AvgIpc) is 2.59. The molecule has 2 rings (SSSR count). The minimum absolute atomic E-state index is 0.169. The first-order valence-corrected chi connectivity index (χ1v) is 5.46. The van der Waals surface area contributed by atoms with Crippen molar-refractivity contribution in [1.82, 2.24) is 0 Å². The Morgan fingerprint density at radius 3 is 2.83 bits per heavy atom. The van der Waals surface area contributed by atoms with Crippen LogP contribution in [0.25, 0.3) is 0 Å². The Morgan fingerprint density at radius 1 is 1.50 bits per heavy atom. The smallest absolute Gasteiger partial charge is 0.0964 e. The summed E-state index contributed by atoms with van der Waals surface area (Å²) < 4.78 is 0.848. The number of halogens is 1. The number of hydrogen-bond donors (Lipinski definition) is 1. The Labute approximate surface area is 81.0 Å². The van der Waals surface area contributed by atoms with Crippen LogP contribution in [0.15, 0.2) is 11.4 Å². The van der Waals surface area contributed by atoms with Crippen LogP contribution in [0.2, 0.25) is 4.34 Å². The third-order valence-electron chi connectivity index (χ3n) is 2.53. The van der Waals surface area contributed by atoms with E-state index in [4.69, 9.17) is 11.6 Å². The molecule has 1 fully saturated rings. The molecular formula is C9H11ClOS. The van der Waals surface area contributed by atoms with Gasteiger partial charge in [0.25, 0.3) is 0 Å². The maximum Gasteiger partial charge on any atom is 0.0964 e. The summed E-state index contributed by atoms with van der Waals surface area (Å²) in [5, 5.41) is 11.6. The first-order valence-electron chi connectivity index (χ1n) is 4.20. The summed E-state index contributed by atoms with van der Waals surface area (Å²) in [5.74, 6) is 0.295. The van der Waals surface area contributed by atoms with Crippen LogP contribution < -0.4 is 0 Å². The van der Waals surface area contributed by atoms with Gasteiger partial charge < -0.3 is 5.11 Å². The Kier molecular flexibility index (Phi) is 2.40. The van der Waals surface area contributed by atoms with E-state index in [-0.39, 0.29) is 6.10 Å². The van der Waals surface area contributed by atoms with E-state index in [1.54, 1.807) is 11.3 Å². The fourth-order valence-electron chi connectivity index (χ4n) is 1.87. The van der Waals surface area contributed by atoms with Gasteiger partial charge in [0.1, 0.15) is 0 Å². The molecule has 1 N–H and O–H groups in total. The summed E-state index contributed by atoms with van der Waals surface area (Å²) in [4.78, 5) is 0. The first kappa shape index (κ1) is 8.54. The van der Waals surface area contributed by atoms with Crippen LogP contribution >= 0.6 is 22.9 Å². The molecule has 0 aromatic carbocycles. The van der Waals surface area contributed by atoms with Gasteiger partial charge in [-0.05, 0) is 29.9 Å². The van der Waals surface area contributed by atoms with Crippen molar-refractivity contribution < 1.29 is 5.11 Å². The highest BCUT2D eigenvalue weighted by Gasteiger charge is 2.28. The maximum absolute atomic E-state index is 9.63. The van der Waals surface area contributed by atoms with Crippen molar-refractivity contribution in [3.8, 4) is 0 Å². The number of hydrogen-bond acceptors (Lipinski definition) is 2. The molecule has 1 nitrogen and oxygen atoms in total. The molecule has 3 heteroatoms. The van der Waals surface area contributed by atoms with E-state index in [1.807, 2.05) is 11.4 Å². The highest BCUT2D eigenvalue weighted by molar-refractivity contribution is 7.14. The Morgan fingerprint density at radius 2 is 2.33 bits per heavy atom. The van der Waals surface area contributed by atoms with E-state index in [0.717, 1.165) is 29.2 Å². The highest BCUT2D eigenvalue weighted by Crippen LogP contribution is 2.39. The summed E-state index contributed by atoms with van der Waals surface area (Å²) in [5.41, 5.74) is 1.15. The van der Waals surface area contributed by atoms with Crippen LogP contribution in [0.3, 0.4) is 0 Å². The first-order chi connectivity index (χ1) is 5.79. The van der Waals surface area contributed by atoms with E-state index < -0.39 is 0 Å². The van der Waals surface area contributed by atoms with Gasteiger partial charge in [0.2, 0.25) is 0 Å². The predicted molar refractivity (Wildman–Crippen MR) is 51.9 cm³/mol. The van der Waals surface area contributed by atoms with Gasteiger partial charge in [-0.1, -0.05) is 18.0 Å². The Bertz CT molecular complexity index is 271. The van der Waals surface area contributed by atoms with E-state index in [0.29, 0.717) is 5.92 Å². The molecule has 1 aromatic rings. The van der Waals surface area contributed by atoms with Crippen molar-refractivity contribution in [1.29, 1.82) is 0 Å². The van der Waals surface area contributed by atoms with Crippen molar-refractivity contribution in [2.75, 3.05) is 0 Å². The van der Waals surface area contributed by atoms with E-state index in [1.165, 1.54) is 0 Å². The van der Waals surface area contributed by atoms with Crippen LogP contribution in [0.1, 0.15) is 30.7 Å². The molecule has 1 aliphatic carbocycles. The fourth-order valence-corrected chi connectivity index (χ4v) is 2.92. The molecule has 0 saturated heterocycles. The molecule has 2 atom stereocenters. The van der Waals surface area contributed by atoms with Gasteiger partial charge in [-0.25, -0.2) is 0 Å². The quantitative estimate of drug-likeness (QED) is 0.743. The van der Waals surface area contributed by atoms with Gasteiger partial charge in [-0.15, -0.1) is 11.3 Å². The van der Waals surface area contributed by atoms with Gasteiger partial charge in [-0.2, -0.15) is 0 Å². The monoisotopic (exact) mass is 202 g/mol. The second kappa shape index (κ2) is 3.36. The molecule has 0 unspecified atom stereocenters. The minimum atomic E-state index is -0.169. The van der Waals surface area contributed by atoms with Crippen LogP contribution in [0.4, 0.5) is 0 Å². The second-order valence-corrected chi connectivity index (χ2v) is 4.77. The normalized spacial score (nSPS) is 29.5. The molecule has 0 aliphatic heterocycles. The van der Waals surface area contributed by atoms with Crippen LogP contribution in [0, 0.1) is 0 Å². The molecule has 1 saturated carbocycles. The lowest BCUT2D eigenvalue weighted by Gasteiger charge is -2.12. The van der Waals surface area contributed by atoms with Crippen molar-refractivity contribution in [3.05, 3.63) is 21.3 Å². The summed E-state index contributed by atoms with van der Waals surface area (Å²) in [6.45, 7) is 0. The van der Waals surface area contributed by atoms with Crippen molar-refractivity contribution in [3.63, 3.8) is 0 Å². The second-order valence-electron chi connectivity index (χ2n) is 3.25. The molecule has 1 heterocycles. The lowest BCUT2D eigenvalue weighted by molar-refractivity contribution is 0.164. The standard InChI is InChI=1S/C9H11ClOS/c10-9-7(4-5-12-9)6-2-1-3-8(6)11/h4-6,8,11H,1-3H2/t6-,8+/m0/s1. The summed E-state index contributed by atoms with van der Waals surface area (Å²) in [6.07, 6.45) is 2.96. The minimum Gasteiger partial charge on any atom is -0.392 e. The van der Waals surface area contributed by atoms with Crippen LogP contribution in [-0.4, -0.2) is 11.2 Å². The predicted octanol–water partition coefficient (Wildman–Crippen LogP) is 3.03. The zero-order valence-corrected chi connectivity index (χ0v) is 8.24. The summed E-state index contributed by atoms with van der Waals surface area (Å²) in [6, 6.07) is 2.03. The summed E-state index contributed by atoms with van der Waals surface area (Å²) in [7, 11) is 0. The van der Waals surface area contributed by atoms with Gasteiger partial charge in [0.05, 0.1) is 10.4 Å². The van der Waals surface area contributed by atoms with Crippen molar-refractivity contribution >= 4 is 22.9 Å². The molecule has 0 spiro atoms. The highest BCUT2D eigenvalue weighted by atomic mass is 35.5. The largest absolute Gasteiger partial charge is 0.392 e. The van der Waals surface area contributed by atoms with Gasteiger partial charge in [0, 0.05) is 5.92 Å². The molecular weight excluding hydrogens is 192 g/mol. The number of aliphatic hydroxyl groups is 1. The average molecular weight is 203 g/mol. The summed E-state index contributed by atoms with van der Waals surface area (Å²) >= 11 is 7.54. The van der Waals surface area contributed by atoms with Gasteiger partial charge in [-0.3, -0.25) is 0 Å². The van der Waals surface area contributed by atoms with Crippen molar-refractivity contribution in [2.45, 2.75) is 31.3 Å². The van der Waals surface area contributed by atoms with Gasteiger partial charge in [0.15, 0.2) is 0 Å². The zero-order valence-electron chi connectivity index (χ0n) is 6.66. The Hall–Kier alpha value is -0.0500. The fraction of sp³-hybridized carbons (Fsp3) is 0.556. The molecule has 0 amide bonds. The molecule has 1 aromatic heterocycles. The van der Waals surface area contributed by atoms with E-state index >= 15 is 0 Å². The van der Waals surface area contributed by atoms with E-state index in [2.05, 4.69) is 0 Å². The van der Waals surface area contributed by atoms with E-state index in [9.17, 15) is 5.11 Å². The lowest BCUT2D eigenvalue weighted by Crippen LogP contribution is -2.10. The molecule has 0 radical (unpaired) electrons. The van der Waals surface area contributed by atoms with Gasteiger partial charge >= 0.3 is 0 Å². The van der Waals surface area contributed by atoms with Crippen molar-refractivity contribution in [2.24, 2.45) is 0 Å². The molecule has 1 aliphatic rings. The molecule has 12 heavy (non-hydrogen) atoms. The van der Waals surface area contributed by atoms with Crippen LogP contribution in [-0.2, 0) is 0 Å².